The zero-order chi connectivity index (χ0) is 19.5. The SMILES string of the molecule is O=C(NCCSc1c(-c2ccc(Cl)cc2)[nH]c2ccccc12)c1ccc(Br)o1. The fourth-order valence-corrected chi connectivity index (χ4v) is 4.41. The van der Waals surface area contributed by atoms with Gasteiger partial charge in [0.1, 0.15) is 0 Å². The maximum atomic E-state index is 12.1. The summed E-state index contributed by atoms with van der Waals surface area (Å²) in [5, 5.41) is 4.76. The van der Waals surface area contributed by atoms with Gasteiger partial charge in [-0.15, -0.1) is 11.8 Å². The Bertz CT molecular complexity index is 1120. The van der Waals surface area contributed by atoms with Crippen molar-refractivity contribution >= 4 is 56.1 Å². The first-order chi connectivity index (χ1) is 13.6. The number of benzene rings is 2. The Labute approximate surface area is 179 Å². The normalized spacial score (nSPS) is 11.1. The van der Waals surface area contributed by atoms with Crippen LogP contribution in [0.2, 0.25) is 5.02 Å². The van der Waals surface area contributed by atoms with E-state index in [1.165, 1.54) is 5.39 Å². The van der Waals surface area contributed by atoms with Gasteiger partial charge in [-0.25, -0.2) is 0 Å². The number of halogens is 2. The zero-order valence-electron chi connectivity index (χ0n) is 14.7. The molecule has 4 nitrogen and oxygen atoms in total. The average Bonchev–Trinajstić information content (AvgIpc) is 3.29. The number of nitrogens with one attached hydrogen (secondary N) is 2. The average molecular weight is 476 g/mol. The largest absolute Gasteiger partial charge is 0.444 e. The van der Waals surface area contributed by atoms with E-state index in [1.807, 2.05) is 36.4 Å². The minimum absolute atomic E-state index is 0.219. The summed E-state index contributed by atoms with van der Waals surface area (Å²) in [4.78, 5) is 16.8. The minimum atomic E-state index is -0.219. The molecule has 0 saturated heterocycles. The summed E-state index contributed by atoms with van der Waals surface area (Å²) in [6.07, 6.45) is 0. The highest BCUT2D eigenvalue weighted by Gasteiger charge is 2.14. The van der Waals surface area contributed by atoms with Crippen LogP contribution < -0.4 is 5.32 Å². The maximum Gasteiger partial charge on any atom is 0.287 e. The predicted molar refractivity (Wildman–Crippen MR) is 118 cm³/mol. The molecule has 2 aromatic carbocycles. The van der Waals surface area contributed by atoms with Crippen molar-refractivity contribution in [2.45, 2.75) is 4.90 Å². The summed E-state index contributed by atoms with van der Waals surface area (Å²) < 4.78 is 5.81. The molecule has 0 radical (unpaired) electrons. The number of carbonyl (C=O) groups is 1. The van der Waals surface area contributed by atoms with Crippen molar-refractivity contribution in [2.24, 2.45) is 0 Å². The molecule has 2 heterocycles. The molecule has 4 rings (SSSR count). The second kappa shape index (κ2) is 8.47. The van der Waals surface area contributed by atoms with Crippen LogP contribution in [0, 0.1) is 0 Å². The Balaban J connectivity index is 1.50. The molecule has 142 valence electrons. The molecular formula is C21H16BrClN2O2S. The van der Waals surface area contributed by atoms with Gasteiger partial charge in [-0.2, -0.15) is 0 Å². The maximum absolute atomic E-state index is 12.1. The van der Waals surface area contributed by atoms with Gasteiger partial charge in [0.05, 0.1) is 5.69 Å². The molecule has 0 aliphatic carbocycles. The highest BCUT2D eigenvalue weighted by atomic mass is 79.9. The molecule has 1 amide bonds. The van der Waals surface area contributed by atoms with Gasteiger partial charge in [-0.3, -0.25) is 4.79 Å². The minimum Gasteiger partial charge on any atom is -0.444 e. The van der Waals surface area contributed by atoms with E-state index >= 15 is 0 Å². The number of H-pyrrole nitrogens is 1. The molecule has 7 heteroatoms. The molecular weight excluding hydrogens is 460 g/mol. The number of rotatable bonds is 6. The first-order valence-electron chi connectivity index (χ1n) is 8.65. The molecule has 0 unspecified atom stereocenters. The molecule has 0 spiro atoms. The van der Waals surface area contributed by atoms with Crippen molar-refractivity contribution in [2.75, 3.05) is 12.3 Å². The molecule has 0 atom stereocenters. The molecule has 0 aliphatic heterocycles. The van der Waals surface area contributed by atoms with Gasteiger partial charge < -0.3 is 14.7 Å². The summed E-state index contributed by atoms with van der Waals surface area (Å²) in [6.45, 7) is 0.529. The van der Waals surface area contributed by atoms with E-state index < -0.39 is 0 Å². The summed E-state index contributed by atoms with van der Waals surface area (Å²) in [7, 11) is 0. The van der Waals surface area contributed by atoms with Crippen LogP contribution in [-0.2, 0) is 0 Å². The van der Waals surface area contributed by atoms with Crippen LogP contribution in [0.25, 0.3) is 22.2 Å². The van der Waals surface area contributed by atoms with Crippen LogP contribution >= 0.6 is 39.3 Å². The molecule has 0 aliphatic rings. The van der Waals surface area contributed by atoms with Gasteiger partial charge in [0.15, 0.2) is 10.4 Å². The lowest BCUT2D eigenvalue weighted by Gasteiger charge is -2.06. The van der Waals surface area contributed by atoms with Gasteiger partial charge in [0.25, 0.3) is 5.91 Å². The van der Waals surface area contributed by atoms with Gasteiger partial charge in [-0.05, 0) is 51.8 Å². The molecule has 0 fully saturated rings. The van der Waals surface area contributed by atoms with Crippen molar-refractivity contribution in [3.05, 3.63) is 76.1 Å². The summed E-state index contributed by atoms with van der Waals surface area (Å²) >= 11 is 10.9. The number of aromatic nitrogens is 1. The molecule has 28 heavy (non-hydrogen) atoms. The second-order valence-electron chi connectivity index (χ2n) is 6.09. The van der Waals surface area contributed by atoms with E-state index in [-0.39, 0.29) is 5.91 Å². The molecule has 0 saturated carbocycles. The third-order valence-electron chi connectivity index (χ3n) is 4.22. The van der Waals surface area contributed by atoms with Crippen LogP contribution in [0.15, 0.2) is 74.6 Å². The van der Waals surface area contributed by atoms with Crippen molar-refractivity contribution in [3.63, 3.8) is 0 Å². The van der Waals surface area contributed by atoms with Crippen LogP contribution in [0.5, 0.6) is 0 Å². The molecule has 4 aromatic rings. The first-order valence-corrected chi connectivity index (χ1v) is 10.8. The van der Waals surface area contributed by atoms with E-state index in [0.717, 1.165) is 27.4 Å². The standard InChI is InChI=1S/C21H16BrClN2O2S/c22-18-10-9-17(27-18)21(26)24-11-12-28-20-15-3-1-2-4-16(15)25-19(20)13-5-7-14(23)8-6-13/h1-10,25H,11-12H2,(H,24,26). The first kappa shape index (κ1) is 19.2. The smallest absolute Gasteiger partial charge is 0.287 e. The van der Waals surface area contributed by atoms with E-state index in [4.69, 9.17) is 16.0 Å². The zero-order valence-corrected chi connectivity index (χ0v) is 17.8. The van der Waals surface area contributed by atoms with Crippen LogP contribution in [0.1, 0.15) is 10.6 Å². The van der Waals surface area contributed by atoms with Crippen LogP contribution in [0.4, 0.5) is 0 Å². The number of thioether (sulfide) groups is 1. The summed E-state index contributed by atoms with van der Waals surface area (Å²) in [5.41, 5.74) is 3.22. The Morgan fingerprint density at radius 2 is 1.89 bits per heavy atom. The quantitative estimate of drug-likeness (QED) is 0.252. The fraction of sp³-hybridized carbons (Fsp3) is 0.0952. The number of para-hydroxylation sites is 1. The topological polar surface area (TPSA) is 58.0 Å². The van der Waals surface area contributed by atoms with Gasteiger partial charge in [-0.1, -0.05) is 41.9 Å². The summed E-state index contributed by atoms with van der Waals surface area (Å²) in [5.74, 6) is 0.810. The lowest BCUT2D eigenvalue weighted by atomic mass is 10.1. The molecule has 2 N–H and O–H groups in total. The monoisotopic (exact) mass is 474 g/mol. The third kappa shape index (κ3) is 4.14. The van der Waals surface area contributed by atoms with Crippen LogP contribution in [0.3, 0.4) is 0 Å². The Kier molecular flexibility index (Phi) is 5.80. The Morgan fingerprint density at radius 3 is 2.64 bits per heavy atom. The van der Waals surface area contributed by atoms with E-state index in [9.17, 15) is 4.79 Å². The molecule has 2 aromatic heterocycles. The fourth-order valence-electron chi connectivity index (χ4n) is 2.93. The van der Waals surface area contributed by atoms with Crippen molar-refractivity contribution in [1.29, 1.82) is 0 Å². The number of amides is 1. The molecule has 0 bridgehead atoms. The van der Waals surface area contributed by atoms with E-state index in [1.54, 1.807) is 23.9 Å². The van der Waals surface area contributed by atoms with Gasteiger partial charge in [0.2, 0.25) is 0 Å². The number of aromatic amines is 1. The van der Waals surface area contributed by atoms with E-state index in [2.05, 4.69) is 38.4 Å². The highest BCUT2D eigenvalue weighted by molar-refractivity contribution is 9.10. The lowest BCUT2D eigenvalue weighted by Crippen LogP contribution is -2.25. The van der Waals surface area contributed by atoms with Crippen molar-refractivity contribution < 1.29 is 9.21 Å². The van der Waals surface area contributed by atoms with Crippen LogP contribution in [-0.4, -0.2) is 23.2 Å². The van der Waals surface area contributed by atoms with Gasteiger partial charge in [0, 0.05) is 33.1 Å². The number of carbonyl (C=O) groups excluding carboxylic acids is 1. The predicted octanol–water partition coefficient (Wildman–Crippen LogP) is 6.37. The number of hydrogen-bond donors (Lipinski definition) is 2. The Hall–Kier alpha value is -2.15. The van der Waals surface area contributed by atoms with Gasteiger partial charge >= 0.3 is 0 Å². The highest BCUT2D eigenvalue weighted by Crippen LogP contribution is 2.37. The lowest BCUT2D eigenvalue weighted by molar-refractivity contribution is 0.0927. The second-order valence-corrected chi connectivity index (χ2v) is 8.41. The number of fused-ring (bicyclic) bond motifs is 1. The third-order valence-corrected chi connectivity index (χ3v) is 6.02. The van der Waals surface area contributed by atoms with Crippen molar-refractivity contribution in [1.82, 2.24) is 10.3 Å². The van der Waals surface area contributed by atoms with Crippen molar-refractivity contribution in [3.8, 4) is 11.3 Å². The number of hydrogen-bond acceptors (Lipinski definition) is 3. The number of furan rings is 1. The van der Waals surface area contributed by atoms with E-state index in [0.29, 0.717) is 22.0 Å². The Morgan fingerprint density at radius 1 is 1.11 bits per heavy atom. The summed E-state index contributed by atoms with van der Waals surface area (Å²) in [6, 6.07) is 19.3.